The molecule has 1 rings (SSSR count). The molecule has 1 aromatic rings. The van der Waals surface area contributed by atoms with Crippen molar-refractivity contribution < 1.29 is 9.84 Å². The average Bonchev–Trinajstić information content (AvgIpc) is 2.40. The van der Waals surface area contributed by atoms with E-state index >= 15 is 0 Å². The molecule has 0 saturated heterocycles. The molecule has 0 radical (unpaired) electrons. The second-order valence-corrected chi connectivity index (χ2v) is 4.63. The molecule has 2 unspecified atom stereocenters. The highest BCUT2D eigenvalue weighted by Gasteiger charge is 2.16. The van der Waals surface area contributed by atoms with E-state index in [0.29, 0.717) is 6.61 Å². The average molecular weight is 251 g/mol. The molecule has 0 amide bonds. The quantitative estimate of drug-likeness (QED) is 0.661. The summed E-state index contributed by atoms with van der Waals surface area (Å²) in [5.74, 6) is 0. The van der Waals surface area contributed by atoms with E-state index in [0.717, 1.165) is 25.7 Å². The highest BCUT2D eigenvalue weighted by atomic mass is 16.5. The Morgan fingerprint density at radius 1 is 1.28 bits per heavy atom. The number of hydrogen-bond acceptors (Lipinski definition) is 3. The number of aliphatic hydroxyl groups excluding tert-OH is 1. The molecule has 0 aliphatic heterocycles. The van der Waals surface area contributed by atoms with E-state index < -0.39 is 0 Å². The lowest BCUT2D eigenvalue weighted by Gasteiger charge is -2.22. The zero-order valence-corrected chi connectivity index (χ0v) is 11.2. The number of benzene rings is 1. The molecule has 3 N–H and O–H groups in total. The van der Waals surface area contributed by atoms with Gasteiger partial charge in [-0.1, -0.05) is 43.7 Å². The number of hydrogen-bond donors (Lipinski definition) is 2. The Morgan fingerprint density at radius 2 is 2.00 bits per heavy atom. The van der Waals surface area contributed by atoms with Crippen LogP contribution in [-0.2, 0) is 11.2 Å². The highest BCUT2D eigenvalue weighted by Crippen LogP contribution is 2.06. The molecule has 0 fully saturated rings. The summed E-state index contributed by atoms with van der Waals surface area (Å²) in [6, 6.07) is 10.3. The molecule has 1 aromatic carbocycles. The lowest BCUT2D eigenvalue weighted by molar-refractivity contribution is -0.00477. The van der Waals surface area contributed by atoms with Crippen LogP contribution in [0.25, 0.3) is 0 Å². The first kappa shape index (κ1) is 15.2. The van der Waals surface area contributed by atoms with Crippen LogP contribution in [0.2, 0.25) is 0 Å². The number of aryl methyl sites for hydroxylation is 1. The van der Waals surface area contributed by atoms with Crippen LogP contribution < -0.4 is 5.73 Å². The molecule has 2 atom stereocenters. The first-order valence-corrected chi connectivity index (χ1v) is 6.80. The fourth-order valence-corrected chi connectivity index (χ4v) is 1.99. The van der Waals surface area contributed by atoms with Gasteiger partial charge in [0.25, 0.3) is 0 Å². The van der Waals surface area contributed by atoms with Gasteiger partial charge in [0.2, 0.25) is 0 Å². The number of nitrogens with two attached hydrogens (primary N) is 1. The van der Waals surface area contributed by atoms with E-state index in [1.165, 1.54) is 5.56 Å². The van der Waals surface area contributed by atoms with E-state index in [9.17, 15) is 5.11 Å². The van der Waals surface area contributed by atoms with Gasteiger partial charge < -0.3 is 15.6 Å². The SMILES string of the molecule is CCCC(N)C(CO)OCCCc1ccccc1. The topological polar surface area (TPSA) is 55.5 Å². The van der Waals surface area contributed by atoms with E-state index in [-0.39, 0.29) is 18.8 Å². The van der Waals surface area contributed by atoms with E-state index in [4.69, 9.17) is 10.5 Å². The zero-order valence-electron chi connectivity index (χ0n) is 11.2. The van der Waals surface area contributed by atoms with Crippen LogP contribution in [0.3, 0.4) is 0 Å². The minimum atomic E-state index is -0.222. The van der Waals surface area contributed by atoms with Crippen LogP contribution >= 0.6 is 0 Å². The van der Waals surface area contributed by atoms with Gasteiger partial charge in [-0.15, -0.1) is 0 Å². The minimum Gasteiger partial charge on any atom is -0.394 e. The molecule has 18 heavy (non-hydrogen) atoms. The second kappa shape index (κ2) is 9.09. The van der Waals surface area contributed by atoms with Crippen molar-refractivity contribution in [2.45, 2.75) is 44.8 Å². The smallest absolute Gasteiger partial charge is 0.0956 e. The summed E-state index contributed by atoms with van der Waals surface area (Å²) in [5, 5.41) is 9.23. The molecule has 0 bridgehead atoms. The van der Waals surface area contributed by atoms with Gasteiger partial charge in [-0.05, 0) is 24.8 Å². The minimum absolute atomic E-state index is 0.00645. The van der Waals surface area contributed by atoms with Crippen molar-refractivity contribution in [2.75, 3.05) is 13.2 Å². The molecule has 0 heterocycles. The molecule has 3 nitrogen and oxygen atoms in total. The Hall–Kier alpha value is -0.900. The van der Waals surface area contributed by atoms with E-state index in [1.54, 1.807) is 0 Å². The Kier molecular flexibility index (Phi) is 7.65. The van der Waals surface area contributed by atoms with Crippen molar-refractivity contribution in [2.24, 2.45) is 5.73 Å². The Labute approximate surface area is 110 Å². The maximum absolute atomic E-state index is 9.23. The summed E-state index contributed by atoms with van der Waals surface area (Å²) >= 11 is 0. The van der Waals surface area contributed by atoms with Crippen molar-refractivity contribution in [1.29, 1.82) is 0 Å². The van der Waals surface area contributed by atoms with Crippen LogP contribution in [0.1, 0.15) is 31.7 Å². The Bertz CT molecular complexity index is 303. The summed E-state index contributed by atoms with van der Waals surface area (Å²) in [6.45, 7) is 2.74. The van der Waals surface area contributed by atoms with Crippen molar-refractivity contribution >= 4 is 0 Å². The summed E-state index contributed by atoms with van der Waals surface area (Å²) in [7, 11) is 0. The maximum atomic E-state index is 9.23. The van der Waals surface area contributed by atoms with Gasteiger partial charge in [0, 0.05) is 12.6 Å². The van der Waals surface area contributed by atoms with Crippen LogP contribution in [0.5, 0.6) is 0 Å². The molecule has 0 saturated carbocycles. The standard InChI is InChI=1S/C15H25NO2/c1-2-7-14(16)15(12-17)18-11-6-10-13-8-4-3-5-9-13/h3-5,8-9,14-15,17H,2,6-7,10-12,16H2,1H3. The first-order valence-electron chi connectivity index (χ1n) is 6.80. The van der Waals surface area contributed by atoms with Gasteiger partial charge >= 0.3 is 0 Å². The third kappa shape index (κ3) is 5.63. The molecule has 0 aromatic heterocycles. The van der Waals surface area contributed by atoms with Crippen molar-refractivity contribution in [3.63, 3.8) is 0 Å². The molecule has 3 heteroatoms. The number of rotatable bonds is 9. The van der Waals surface area contributed by atoms with Crippen molar-refractivity contribution in [3.8, 4) is 0 Å². The highest BCUT2D eigenvalue weighted by molar-refractivity contribution is 5.14. The summed E-state index contributed by atoms with van der Waals surface area (Å²) in [5.41, 5.74) is 7.27. The van der Waals surface area contributed by atoms with Crippen molar-refractivity contribution in [3.05, 3.63) is 35.9 Å². The van der Waals surface area contributed by atoms with Gasteiger partial charge in [-0.3, -0.25) is 0 Å². The second-order valence-electron chi connectivity index (χ2n) is 4.63. The monoisotopic (exact) mass is 251 g/mol. The molecule has 0 aliphatic rings. The number of ether oxygens (including phenoxy) is 1. The van der Waals surface area contributed by atoms with Crippen molar-refractivity contribution in [1.82, 2.24) is 0 Å². The Balaban J connectivity index is 2.19. The summed E-state index contributed by atoms with van der Waals surface area (Å²) in [4.78, 5) is 0. The predicted octanol–water partition coefficient (Wildman–Crippen LogP) is 2.12. The summed E-state index contributed by atoms with van der Waals surface area (Å²) < 4.78 is 5.65. The van der Waals surface area contributed by atoms with E-state index in [1.807, 2.05) is 18.2 Å². The largest absolute Gasteiger partial charge is 0.394 e. The van der Waals surface area contributed by atoms with Crippen LogP contribution in [0.15, 0.2) is 30.3 Å². The maximum Gasteiger partial charge on any atom is 0.0956 e. The van der Waals surface area contributed by atoms with Crippen LogP contribution in [-0.4, -0.2) is 30.5 Å². The molecule has 0 spiro atoms. The molecular formula is C15H25NO2. The third-order valence-corrected chi connectivity index (χ3v) is 3.06. The fraction of sp³-hybridized carbons (Fsp3) is 0.600. The molecule has 0 aliphatic carbocycles. The van der Waals surface area contributed by atoms with Gasteiger partial charge in [-0.2, -0.15) is 0 Å². The van der Waals surface area contributed by atoms with Gasteiger partial charge in [0.05, 0.1) is 12.7 Å². The Morgan fingerprint density at radius 3 is 2.61 bits per heavy atom. The first-order chi connectivity index (χ1) is 8.77. The van der Waals surface area contributed by atoms with Gasteiger partial charge in [0.1, 0.15) is 0 Å². The molecule has 102 valence electrons. The lowest BCUT2D eigenvalue weighted by atomic mass is 10.1. The van der Waals surface area contributed by atoms with Gasteiger partial charge in [0.15, 0.2) is 0 Å². The lowest BCUT2D eigenvalue weighted by Crippen LogP contribution is -2.39. The fourth-order valence-electron chi connectivity index (χ4n) is 1.99. The normalized spacial score (nSPS) is 14.4. The van der Waals surface area contributed by atoms with E-state index in [2.05, 4.69) is 19.1 Å². The summed E-state index contributed by atoms with van der Waals surface area (Å²) in [6.07, 6.45) is 3.65. The number of aliphatic hydroxyl groups is 1. The predicted molar refractivity (Wildman–Crippen MR) is 74.5 cm³/mol. The zero-order chi connectivity index (χ0) is 13.2. The van der Waals surface area contributed by atoms with Gasteiger partial charge in [-0.25, -0.2) is 0 Å². The third-order valence-electron chi connectivity index (χ3n) is 3.06. The van der Waals surface area contributed by atoms with Crippen LogP contribution in [0.4, 0.5) is 0 Å². The van der Waals surface area contributed by atoms with Crippen LogP contribution in [0, 0.1) is 0 Å². The molecular weight excluding hydrogens is 226 g/mol.